The normalized spacial score (nSPS) is 15.0. The van der Waals surface area contributed by atoms with Crippen LogP contribution in [0.5, 0.6) is 0 Å². The van der Waals surface area contributed by atoms with Gasteiger partial charge in [0.2, 0.25) is 0 Å². The van der Waals surface area contributed by atoms with Crippen LogP contribution in [0.4, 0.5) is 17.1 Å². The fraction of sp³-hybridized carbons (Fsp3) is 0.148. The molecule has 1 heterocycles. The Balaban J connectivity index is 1.11. The van der Waals surface area contributed by atoms with Gasteiger partial charge in [0.25, 0.3) is 0 Å². The van der Waals surface area contributed by atoms with Crippen molar-refractivity contribution in [3.8, 4) is 22.3 Å². The quantitative estimate of drug-likeness (QED) is 0.149. The standard InChI is InChI=1S/C61H51NO/c1-9-16-44-37(4)60(5,6)56-34-39(24-29-49(44)56)38-22-25-40(26-23-38)62(41-27-30-48-45(17-10-2)43(11-3)46-18-12-13-19-47(46)52(48)35-41)42-28-32-54-53(36-42)58-55(61(54,7)8)33-31-51-50-20-14-15-21-57(50)63-59(51)58/h9-36H,3H2,1-2,4-8H3/b16-9-,17-10-. The first kappa shape index (κ1) is 38.7. The van der Waals surface area contributed by atoms with E-state index >= 15 is 0 Å². The van der Waals surface area contributed by atoms with Crippen LogP contribution in [0.15, 0.2) is 174 Å². The van der Waals surface area contributed by atoms with Crippen LogP contribution in [0.25, 0.3) is 83.5 Å². The summed E-state index contributed by atoms with van der Waals surface area (Å²) in [6, 6.07) is 51.9. The summed E-state index contributed by atoms with van der Waals surface area (Å²) >= 11 is 0. The van der Waals surface area contributed by atoms with E-state index in [-0.39, 0.29) is 10.8 Å². The van der Waals surface area contributed by atoms with Crippen molar-refractivity contribution in [2.75, 3.05) is 4.90 Å². The van der Waals surface area contributed by atoms with Gasteiger partial charge in [-0.05, 0) is 146 Å². The number of allylic oxidation sites excluding steroid dienone is 5. The third-order valence-corrected chi connectivity index (χ3v) is 14.4. The molecule has 0 spiro atoms. The molecule has 0 atom stereocenters. The van der Waals surface area contributed by atoms with Crippen LogP contribution in [0, 0.1) is 0 Å². The molecule has 0 saturated carbocycles. The van der Waals surface area contributed by atoms with E-state index in [0.717, 1.165) is 44.6 Å². The minimum Gasteiger partial charge on any atom is -0.455 e. The molecule has 0 unspecified atom stereocenters. The van der Waals surface area contributed by atoms with Crippen LogP contribution in [0.3, 0.4) is 0 Å². The zero-order valence-electron chi connectivity index (χ0n) is 37.2. The maximum atomic E-state index is 6.74. The molecule has 0 radical (unpaired) electrons. The Morgan fingerprint density at radius 2 is 1.14 bits per heavy atom. The molecule has 11 rings (SSSR count). The first-order valence-corrected chi connectivity index (χ1v) is 22.3. The number of anilines is 3. The Bertz CT molecular complexity index is 3490. The number of hydrogen-bond acceptors (Lipinski definition) is 2. The summed E-state index contributed by atoms with van der Waals surface area (Å²) in [5.74, 6) is 0. The van der Waals surface area contributed by atoms with Crippen LogP contribution < -0.4 is 4.90 Å². The highest BCUT2D eigenvalue weighted by atomic mass is 16.3. The first-order valence-electron chi connectivity index (χ1n) is 22.3. The molecular weight excluding hydrogens is 763 g/mol. The van der Waals surface area contributed by atoms with Gasteiger partial charge in [-0.25, -0.2) is 0 Å². The Labute approximate surface area is 370 Å². The van der Waals surface area contributed by atoms with Crippen molar-refractivity contribution in [2.45, 2.75) is 59.3 Å². The molecule has 8 aromatic carbocycles. The van der Waals surface area contributed by atoms with Crippen molar-refractivity contribution < 1.29 is 4.42 Å². The van der Waals surface area contributed by atoms with Crippen LogP contribution in [-0.2, 0) is 10.8 Å². The second-order valence-electron chi connectivity index (χ2n) is 18.4. The number of furan rings is 1. The van der Waals surface area contributed by atoms with Crippen LogP contribution >= 0.6 is 0 Å². The summed E-state index contributed by atoms with van der Waals surface area (Å²) < 4.78 is 6.74. The summed E-state index contributed by atoms with van der Waals surface area (Å²) in [4.78, 5) is 2.43. The molecule has 1 aromatic heterocycles. The Kier molecular flexibility index (Phi) is 8.73. The van der Waals surface area contributed by atoms with Gasteiger partial charge >= 0.3 is 0 Å². The molecule has 0 aliphatic heterocycles. The lowest BCUT2D eigenvalue weighted by molar-refractivity contribution is 0.639. The molecule has 2 nitrogen and oxygen atoms in total. The van der Waals surface area contributed by atoms with E-state index in [0.29, 0.717) is 0 Å². The average Bonchev–Trinajstić information content (AvgIpc) is 3.86. The van der Waals surface area contributed by atoms with E-state index in [1.165, 1.54) is 82.8 Å². The van der Waals surface area contributed by atoms with Gasteiger partial charge < -0.3 is 9.32 Å². The van der Waals surface area contributed by atoms with Gasteiger partial charge in [0.1, 0.15) is 11.2 Å². The fourth-order valence-corrected chi connectivity index (χ4v) is 10.9. The molecule has 0 saturated heterocycles. The molecule has 0 bridgehead atoms. The summed E-state index contributed by atoms with van der Waals surface area (Å²) in [6.07, 6.45) is 10.8. The van der Waals surface area contributed by atoms with Gasteiger partial charge in [0.15, 0.2) is 0 Å². The van der Waals surface area contributed by atoms with Gasteiger partial charge in [-0.1, -0.05) is 161 Å². The van der Waals surface area contributed by atoms with Crippen LogP contribution in [-0.4, -0.2) is 0 Å². The number of para-hydroxylation sites is 1. The molecule has 2 aliphatic rings. The number of hydrogen-bond donors (Lipinski definition) is 0. The first-order chi connectivity index (χ1) is 30.5. The fourth-order valence-electron chi connectivity index (χ4n) is 10.9. The van der Waals surface area contributed by atoms with Crippen molar-refractivity contribution in [2.24, 2.45) is 0 Å². The van der Waals surface area contributed by atoms with E-state index in [2.05, 4.69) is 224 Å². The highest BCUT2D eigenvalue weighted by Gasteiger charge is 2.39. The molecule has 9 aromatic rings. The van der Waals surface area contributed by atoms with E-state index in [1.54, 1.807) is 0 Å². The maximum Gasteiger partial charge on any atom is 0.143 e. The number of rotatable bonds is 7. The third-order valence-electron chi connectivity index (χ3n) is 14.4. The van der Waals surface area contributed by atoms with E-state index in [4.69, 9.17) is 4.42 Å². The number of benzene rings is 8. The maximum absolute atomic E-state index is 6.74. The van der Waals surface area contributed by atoms with Crippen molar-refractivity contribution >= 4 is 78.3 Å². The third kappa shape index (κ3) is 5.64. The summed E-state index contributed by atoms with van der Waals surface area (Å²) in [5, 5.41) is 7.14. The molecule has 2 heteroatoms. The van der Waals surface area contributed by atoms with Gasteiger partial charge in [-0.2, -0.15) is 0 Å². The molecule has 2 aliphatic carbocycles. The lowest BCUT2D eigenvalue weighted by atomic mass is 9.81. The molecule has 306 valence electrons. The highest BCUT2D eigenvalue weighted by Crippen LogP contribution is 2.54. The number of nitrogens with zero attached hydrogens (tertiary/aromatic N) is 1. The minimum absolute atomic E-state index is 0.0366. The summed E-state index contributed by atoms with van der Waals surface area (Å²) in [6.45, 7) is 20.1. The number of fused-ring (bicyclic) bond motifs is 11. The van der Waals surface area contributed by atoms with Crippen molar-refractivity contribution in [1.82, 2.24) is 0 Å². The second kappa shape index (κ2) is 14.2. The Morgan fingerprint density at radius 3 is 1.90 bits per heavy atom. The van der Waals surface area contributed by atoms with Gasteiger partial charge in [-0.3, -0.25) is 0 Å². The SMILES string of the molecule is C=Cc1c(/C=C\C)c2ccc(N(c3ccc(-c4ccc5c(c4)C(C)(C)C(C)=C5/C=C\C)cc3)c3ccc4c(c3)-c3c(ccc5c3oc3ccccc35)C4(C)C)cc2c2ccccc12. The molecule has 0 N–H and O–H groups in total. The highest BCUT2D eigenvalue weighted by molar-refractivity contribution is 6.16. The molecular formula is C61H51NO. The zero-order valence-corrected chi connectivity index (χ0v) is 37.2. The Hall–Kier alpha value is -7.16. The monoisotopic (exact) mass is 813 g/mol. The summed E-state index contributed by atoms with van der Waals surface area (Å²) in [7, 11) is 0. The zero-order chi connectivity index (χ0) is 43.4. The lowest BCUT2D eigenvalue weighted by Gasteiger charge is -2.28. The molecule has 0 amide bonds. The topological polar surface area (TPSA) is 16.4 Å². The predicted octanol–water partition coefficient (Wildman–Crippen LogP) is 17.7. The smallest absolute Gasteiger partial charge is 0.143 e. The second-order valence-corrected chi connectivity index (χ2v) is 18.4. The van der Waals surface area contributed by atoms with Gasteiger partial charge in [0.05, 0.1) is 0 Å². The molecule has 0 fully saturated rings. The van der Waals surface area contributed by atoms with E-state index in [1.807, 2.05) is 6.08 Å². The predicted molar refractivity (Wildman–Crippen MR) is 272 cm³/mol. The molecule has 63 heavy (non-hydrogen) atoms. The van der Waals surface area contributed by atoms with Crippen molar-refractivity contribution in [3.05, 3.63) is 203 Å². The summed E-state index contributed by atoms with van der Waals surface area (Å²) in [5.41, 5.74) is 20.2. The van der Waals surface area contributed by atoms with E-state index < -0.39 is 0 Å². The Morgan fingerprint density at radius 1 is 0.508 bits per heavy atom. The van der Waals surface area contributed by atoms with Crippen LogP contribution in [0.1, 0.15) is 81.8 Å². The largest absolute Gasteiger partial charge is 0.455 e. The van der Waals surface area contributed by atoms with Crippen molar-refractivity contribution in [1.29, 1.82) is 0 Å². The lowest BCUT2D eigenvalue weighted by Crippen LogP contribution is -2.15. The van der Waals surface area contributed by atoms with Crippen LogP contribution in [0.2, 0.25) is 0 Å². The average molecular weight is 814 g/mol. The minimum atomic E-state index is -0.192. The van der Waals surface area contributed by atoms with Gasteiger partial charge in [-0.15, -0.1) is 0 Å². The van der Waals surface area contributed by atoms with Crippen molar-refractivity contribution in [3.63, 3.8) is 0 Å². The van der Waals surface area contributed by atoms with Gasteiger partial charge in [0, 0.05) is 44.2 Å². The van der Waals surface area contributed by atoms with E-state index in [9.17, 15) is 0 Å².